The van der Waals surface area contributed by atoms with Gasteiger partial charge in [-0.1, -0.05) is 81.4 Å². The zero-order valence-corrected chi connectivity index (χ0v) is 24.4. The maximum Gasteiger partial charge on any atom is 0.300 e. The zero-order valence-electron chi connectivity index (χ0n) is 23.4. The van der Waals surface area contributed by atoms with E-state index in [0.717, 1.165) is 16.4 Å². The summed E-state index contributed by atoms with van der Waals surface area (Å²) in [5.74, 6) is -4.69. The second-order valence-electron chi connectivity index (χ2n) is 11.3. The fraction of sp³-hybridized carbons (Fsp3) is 0.387. The van der Waals surface area contributed by atoms with Crippen molar-refractivity contribution in [2.45, 2.75) is 64.9 Å². The Balaban J connectivity index is 1.90. The van der Waals surface area contributed by atoms with Crippen LogP contribution in [0.4, 0.5) is 23.2 Å². The highest BCUT2D eigenvalue weighted by molar-refractivity contribution is 6.99. The molecule has 0 aliphatic carbocycles. The van der Waals surface area contributed by atoms with Gasteiger partial charge in [-0.2, -0.15) is 0 Å². The van der Waals surface area contributed by atoms with E-state index in [-0.39, 0.29) is 43.2 Å². The van der Waals surface area contributed by atoms with Crippen molar-refractivity contribution in [3.8, 4) is 0 Å². The molecule has 1 fully saturated rings. The fourth-order valence-corrected chi connectivity index (χ4v) is 10.3. The Morgan fingerprint density at radius 3 is 1.90 bits per heavy atom. The van der Waals surface area contributed by atoms with Gasteiger partial charge in [0.05, 0.1) is 30.1 Å². The van der Waals surface area contributed by atoms with Gasteiger partial charge in [-0.3, -0.25) is 4.79 Å². The van der Waals surface area contributed by atoms with Gasteiger partial charge in [0.15, 0.2) is 11.6 Å². The Morgan fingerprint density at radius 1 is 0.950 bits per heavy atom. The summed E-state index contributed by atoms with van der Waals surface area (Å²) in [6.45, 7) is 10.2. The van der Waals surface area contributed by atoms with Crippen LogP contribution in [-0.2, 0) is 15.8 Å². The summed E-state index contributed by atoms with van der Waals surface area (Å²) in [5.41, 5.74) is -0.938. The van der Waals surface area contributed by atoms with Gasteiger partial charge in [0.2, 0.25) is 5.78 Å². The number of hydrogen-bond acceptors (Lipinski definition) is 4. The molecule has 2 unspecified atom stereocenters. The number of anilines is 1. The molecule has 0 spiro atoms. The number of ether oxygens (including phenoxy) is 1. The van der Waals surface area contributed by atoms with E-state index in [1.165, 1.54) is 0 Å². The minimum absolute atomic E-state index is 0.0942. The second kappa shape index (κ2) is 11.8. The Morgan fingerprint density at radius 2 is 1.45 bits per heavy atom. The molecular weight excluding hydrogens is 538 g/mol. The Bertz CT molecular complexity index is 1280. The number of alkyl halides is 2. The Hall–Kier alpha value is -3.01. The molecule has 9 heteroatoms. The van der Waals surface area contributed by atoms with Gasteiger partial charge >= 0.3 is 6.43 Å². The fourth-order valence-electron chi connectivity index (χ4n) is 5.73. The molecule has 1 heterocycles. The number of carbonyl (C=O) groups is 1. The van der Waals surface area contributed by atoms with E-state index in [9.17, 15) is 13.6 Å². The average Bonchev–Trinajstić information content (AvgIpc) is 2.90. The molecule has 1 aliphatic rings. The number of rotatable bonds is 8. The molecule has 1 saturated heterocycles. The molecule has 0 bridgehead atoms. The molecule has 0 amide bonds. The summed E-state index contributed by atoms with van der Waals surface area (Å²) in [7, 11) is -3.12. The van der Waals surface area contributed by atoms with Crippen molar-refractivity contribution in [2.75, 3.05) is 18.0 Å². The highest BCUT2D eigenvalue weighted by Gasteiger charge is 2.50. The smallest absolute Gasteiger partial charge is 0.300 e. The van der Waals surface area contributed by atoms with Crippen LogP contribution in [0, 0.1) is 11.6 Å². The first kappa shape index (κ1) is 30.0. The van der Waals surface area contributed by atoms with Crippen LogP contribution in [0.1, 0.15) is 50.5 Å². The van der Waals surface area contributed by atoms with Crippen LogP contribution in [0.3, 0.4) is 0 Å². The number of nitrogens with zero attached hydrogens (tertiary/aromatic N) is 1. The van der Waals surface area contributed by atoms with Crippen molar-refractivity contribution < 1.29 is 31.5 Å². The van der Waals surface area contributed by atoms with Gasteiger partial charge < -0.3 is 14.1 Å². The van der Waals surface area contributed by atoms with E-state index in [1.54, 1.807) is 4.90 Å². The molecule has 40 heavy (non-hydrogen) atoms. The Kier molecular flexibility index (Phi) is 8.87. The quantitative estimate of drug-likeness (QED) is 0.185. The third kappa shape index (κ3) is 5.73. The maximum atomic E-state index is 15.8. The number of ketones is 1. The molecule has 4 nitrogen and oxygen atoms in total. The SMILES string of the molecule is CC1CN(c2c(CO[Si](c3ccccc3)(c3ccccc3)C(C)(C)C)cc(C(=O)C(F)F)c(F)c2F)CC(C)O1. The van der Waals surface area contributed by atoms with Crippen LogP contribution >= 0.6 is 0 Å². The van der Waals surface area contributed by atoms with Gasteiger partial charge in [0.25, 0.3) is 8.32 Å². The van der Waals surface area contributed by atoms with Gasteiger partial charge in [-0.25, -0.2) is 17.6 Å². The van der Waals surface area contributed by atoms with E-state index >= 15 is 8.78 Å². The lowest BCUT2D eigenvalue weighted by molar-refractivity contribution is -0.00553. The van der Waals surface area contributed by atoms with Crippen LogP contribution in [0.2, 0.25) is 5.04 Å². The van der Waals surface area contributed by atoms with Gasteiger partial charge in [0.1, 0.15) is 0 Å². The largest absolute Gasteiger partial charge is 0.403 e. The lowest BCUT2D eigenvalue weighted by Gasteiger charge is -2.43. The minimum atomic E-state index is -3.48. The third-order valence-corrected chi connectivity index (χ3v) is 12.3. The maximum absolute atomic E-state index is 15.8. The summed E-state index contributed by atoms with van der Waals surface area (Å²) >= 11 is 0. The summed E-state index contributed by atoms with van der Waals surface area (Å²) in [5, 5.41) is 1.52. The van der Waals surface area contributed by atoms with E-state index in [0.29, 0.717) is 0 Å². The lowest BCUT2D eigenvalue weighted by atomic mass is 10.0. The van der Waals surface area contributed by atoms with E-state index in [1.807, 2.05) is 74.5 Å². The first-order valence-electron chi connectivity index (χ1n) is 13.4. The summed E-state index contributed by atoms with van der Waals surface area (Å²) in [6, 6.07) is 20.5. The molecule has 1 aliphatic heterocycles. The molecule has 0 aromatic heterocycles. The average molecular weight is 574 g/mol. The molecule has 0 N–H and O–H groups in total. The number of Topliss-reactive ketones (excluding diaryl/α,β-unsaturated/α-hetero) is 1. The molecule has 3 aromatic carbocycles. The lowest BCUT2D eigenvalue weighted by Crippen LogP contribution is -2.66. The molecular formula is C31H35F4NO3Si. The standard InChI is InChI=1S/C31H35F4NO3Si/c1-20-17-36(18-21(2)39-20)28-22(16-25(26(32)27(28)33)29(37)30(34)35)19-38-40(31(3,4)5,23-12-8-6-9-13-23)24-14-10-7-11-15-24/h6-16,20-21,30H,17-19H2,1-5H3. The normalized spacial score (nSPS) is 18.3. The highest BCUT2D eigenvalue weighted by atomic mass is 28.4. The molecule has 3 aromatic rings. The van der Waals surface area contributed by atoms with Crippen molar-refractivity contribution >= 4 is 30.2 Å². The predicted molar refractivity (Wildman–Crippen MR) is 151 cm³/mol. The van der Waals surface area contributed by atoms with Gasteiger partial charge in [-0.05, 0) is 35.3 Å². The van der Waals surface area contributed by atoms with Crippen molar-refractivity contribution in [2.24, 2.45) is 0 Å². The van der Waals surface area contributed by atoms with E-state index in [4.69, 9.17) is 9.16 Å². The zero-order chi connectivity index (χ0) is 29.2. The predicted octanol–water partition coefficient (Wildman–Crippen LogP) is 6.10. The van der Waals surface area contributed by atoms with Crippen LogP contribution < -0.4 is 15.3 Å². The number of benzene rings is 3. The summed E-state index contributed by atoms with van der Waals surface area (Å²) < 4.78 is 70.5. The first-order valence-corrected chi connectivity index (χ1v) is 15.3. The van der Waals surface area contributed by atoms with Gasteiger partial charge in [-0.15, -0.1) is 0 Å². The third-order valence-electron chi connectivity index (χ3n) is 7.32. The molecule has 4 rings (SSSR count). The Labute approximate surface area is 234 Å². The van der Waals surface area contributed by atoms with Crippen LogP contribution in [0.5, 0.6) is 0 Å². The van der Waals surface area contributed by atoms with E-state index < -0.39 is 42.8 Å². The number of carbonyl (C=O) groups excluding carboxylic acids is 1. The van der Waals surface area contributed by atoms with Crippen molar-refractivity contribution in [1.82, 2.24) is 0 Å². The number of morpholine rings is 1. The highest BCUT2D eigenvalue weighted by Crippen LogP contribution is 2.39. The first-order chi connectivity index (χ1) is 18.9. The van der Waals surface area contributed by atoms with Crippen molar-refractivity contribution in [3.05, 3.63) is 89.5 Å². The van der Waals surface area contributed by atoms with Crippen LogP contribution in [0.15, 0.2) is 66.7 Å². The molecule has 214 valence electrons. The number of halogens is 4. The van der Waals surface area contributed by atoms with Crippen LogP contribution in [0.25, 0.3) is 0 Å². The van der Waals surface area contributed by atoms with Crippen LogP contribution in [-0.4, -0.2) is 45.8 Å². The topological polar surface area (TPSA) is 38.8 Å². The monoisotopic (exact) mass is 573 g/mol. The molecule has 0 radical (unpaired) electrons. The van der Waals surface area contributed by atoms with E-state index in [2.05, 4.69) is 20.8 Å². The molecule has 2 atom stereocenters. The summed E-state index contributed by atoms with van der Waals surface area (Å²) in [4.78, 5) is 13.9. The van der Waals surface area contributed by atoms with Crippen molar-refractivity contribution in [1.29, 1.82) is 0 Å². The number of hydrogen-bond donors (Lipinski definition) is 0. The minimum Gasteiger partial charge on any atom is -0.403 e. The van der Waals surface area contributed by atoms with Gasteiger partial charge in [0, 0.05) is 18.7 Å². The molecule has 0 saturated carbocycles. The second-order valence-corrected chi connectivity index (χ2v) is 15.6. The van der Waals surface area contributed by atoms with Crippen molar-refractivity contribution in [3.63, 3.8) is 0 Å². The summed E-state index contributed by atoms with van der Waals surface area (Å²) in [6.07, 6.45) is -4.04.